The largest absolute Gasteiger partial charge is 0.308 e. The molecule has 0 saturated carbocycles. The fraction of sp³-hybridized carbons (Fsp3) is 0. The molecule has 47 heavy (non-hydrogen) atoms. The number of aromatic nitrogens is 4. The van der Waals surface area contributed by atoms with Crippen LogP contribution >= 0.6 is 0 Å². The van der Waals surface area contributed by atoms with Gasteiger partial charge >= 0.3 is 0 Å². The molecule has 2 heterocycles. The zero-order valence-corrected chi connectivity index (χ0v) is 24.8. The summed E-state index contributed by atoms with van der Waals surface area (Å²) in [5.41, 5.74) is 3.92. The molecule has 0 saturated heterocycles. The number of fused-ring (bicyclic) bond motifs is 4. The van der Waals surface area contributed by atoms with Crippen molar-refractivity contribution in [3.63, 3.8) is 0 Å². The van der Waals surface area contributed by atoms with Gasteiger partial charge < -0.3 is 4.57 Å². The monoisotopic (exact) mass is 608 g/mol. The first-order valence-corrected chi connectivity index (χ1v) is 15.1. The number of para-hydroxylation sites is 2. The van der Waals surface area contributed by atoms with E-state index in [0.717, 1.165) is 33.0 Å². The van der Waals surface area contributed by atoms with E-state index in [1.807, 2.05) is 115 Å². The van der Waals surface area contributed by atoms with Gasteiger partial charge in [-0.2, -0.15) is 0 Å². The van der Waals surface area contributed by atoms with Crippen molar-refractivity contribution in [2.75, 3.05) is 0 Å². The minimum Gasteiger partial charge on any atom is -0.308 e. The van der Waals surface area contributed by atoms with Gasteiger partial charge in [0.1, 0.15) is 0 Å². The highest BCUT2D eigenvalue weighted by atomic mass is 15.1. The van der Waals surface area contributed by atoms with Crippen LogP contribution in [0.4, 0.5) is 0 Å². The molecule has 4 nitrogen and oxygen atoms in total. The molecule has 0 N–H and O–H groups in total. The number of rotatable bonds is 5. The molecule has 0 aliphatic carbocycles. The van der Waals surface area contributed by atoms with Crippen molar-refractivity contribution in [2.24, 2.45) is 0 Å². The minimum atomic E-state index is -0.508. The molecule has 0 aliphatic heterocycles. The lowest BCUT2D eigenvalue weighted by molar-refractivity contribution is 1.06. The van der Waals surface area contributed by atoms with Crippen LogP contribution in [0, 0.1) is 0 Å². The van der Waals surface area contributed by atoms with E-state index in [-0.39, 0.29) is 27.6 Å². The van der Waals surface area contributed by atoms with Gasteiger partial charge in [-0.05, 0) is 52.2 Å². The van der Waals surface area contributed by atoms with E-state index >= 15 is 0 Å². The summed E-state index contributed by atoms with van der Waals surface area (Å²) in [6.45, 7) is 0. The van der Waals surface area contributed by atoms with Gasteiger partial charge in [0.15, 0.2) is 17.5 Å². The van der Waals surface area contributed by atoms with E-state index in [0.29, 0.717) is 22.9 Å². The Kier molecular flexibility index (Phi) is 4.74. The number of nitrogens with zero attached hydrogens (tertiary/aromatic N) is 4. The summed E-state index contributed by atoms with van der Waals surface area (Å²) in [5, 5.41) is 2.05. The third-order valence-electron chi connectivity index (χ3n) is 8.29. The number of hydrogen-bond acceptors (Lipinski definition) is 3. The minimum absolute atomic E-state index is 0.00512. The third kappa shape index (κ3) is 4.75. The molecule has 9 rings (SSSR count). The Morgan fingerprint density at radius 3 is 1.57 bits per heavy atom. The van der Waals surface area contributed by atoms with E-state index in [9.17, 15) is 2.74 Å². The van der Waals surface area contributed by atoms with Crippen molar-refractivity contribution in [1.29, 1.82) is 0 Å². The van der Waals surface area contributed by atoms with Crippen molar-refractivity contribution >= 4 is 32.6 Å². The van der Waals surface area contributed by atoms with Crippen LogP contribution in [0.2, 0.25) is 0 Å². The van der Waals surface area contributed by atoms with Gasteiger partial charge in [-0.25, -0.2) is 15.0 Å². The van der Waals surface area contributed by atoms with Crippen LogP contribution < -0.4 is 0 Å². The first kappa shape index (κ1) is 19.9. The van der Waals surface area contributed by atoms with E-state index < -0.39 is 48.3 Å². The molecular formula is C43H28N4. The Morgan fingerprint density at radius 2 is 0.936 bits per heavy atom. The zero-order valence-electron chi connectivity index (χ0n) is 32.8. The summed E-state index contributed by atoms with van der Waals surface area (Å²) in [6, 6.07) is 35.1. The summed E-state index contributed by atoms with van der Waals surface area (Å²) in [5.74, 6) is 1.06. The van der Waals surface area contributed by atoms with E-state index in [1.54, 1.807) is 0 Å². The highest BCUT2D eigenvalue weighted by Crippen LogP contribution is 2.38. The second-order valence-corrected chi connectivity index (χ2v) is 11.1. The zero-order chi connectivity index (χ0) is 38.1. The van der Waals surface area contributed by atoms with Gasteiger partial charge in [-0.15, -0.1) is 0 Å². The average Bonchev–Trinajstić information content (AvgIpc) is 3.60. The summed E-state index contributed by atoms with van der Waals surface area (Å²) in [4.78, 5) is 14.8. The van der Waals surface area contributed by atoms with Gasteiger partial charge in [0.25, 0.3) is 0 Å². The molecule has 0 radical (unpaired) electrons. The maximum absolute atomic E-state index is 9.20. The van der Waals surface area contributed by atoms with E-state index in [2.05, 4.69) is 6.07 Å². The third-order valence-corrected chi connectivity index (χ3v) is 8.29. The van der Waals surface area contributed by atoms with Crippen LogP contribution in [-0.2, 0) is 0 Å². The summed E-state index contributed by atoms with van der Waals surface area (Å²) < 4.78 is 72.4. The topological polar surface area (TPSA) is 43.6 Å². The fourth-order valence-electron chi connectivity index (χ4n) is 6.04. The molecule has 2 aromatic heterocycles. The van der Waals surface area contributed by atoms with Crippen LogP contribution in [0.1, 0.15) is 11.0 Å². The summed E-state index contributed by atoms with van der Waals surface area (Å²) in [6.07, 6.45) is 0. The molecule has 0 aliphatic rings. The quantitative estimate of drug-likeness (QED) is 0.195. The average molecular weight is 609 g/mol. The predicted molar refractivity (Wildman–Crippen MR) is 193 cm³/mol. The standard InChI is InChI=1S/C43H28N4/c1-3-14-30(15-4-1)41-44-42(31-16-5-2-6-17-31)46-43(45-41)37-26-25-34(33-24-23-29-13-7-8-18-32(29)27-33)28-40(37)47-38-21-11-9-19-35(38)36-20-10-12-22-39(36)47/h1-28H/i9D,10D,11D,12D,19D,20D,21D,22D. The Morgan fingerprint density at radius 1 is 0.426 bits per heavy atom. The SMILES string of the molecule is [2H]c1c([2H])c([2H])c2c(c1[2H])c1c([2H])c([2H])c([2H])c([2H])c1n2-c1cc(-c2ccc3ccccc3c2)ccc1-c1nc(-c2ccccc2)nc(-c2ccccc2)n1. The smallest absolute Gasteiger partial charge is 0.166 e. The number of benzene rings is 7. The molecule has 9 aromatic rings. The molecule has 0 atom stereocenters. The Labute approximate surface area is 283 Å². The molecule has 0 spiro atoms. The second-order valence-electron chi connectivity index (χ2n) is 11.1. The molecular weight excluding hydrogens is 573 g/mol. The van der Waals surface area contributed by atoms with Gasteiger partial charge in [0.05, 0.1) is 27.7 Å². The van der Waals surface area contributed by atoms with Gasteiger partial charge in [0.2, 0.25) is 0 Å². The highest BCUT2D eigenvalue weighted by Gasteiger charge is 2.20. The van der Waals surface area contributed by atoms with Gasteiger partial charge in [-0.3, -0.25) is 0 Å². The first-order valence-electron chi connectivity index (χ1n) is 19.1. The maximum Gasteiger partial charge on any atom is 0.166 e. The van der Waals surface area contributed by atoms with Crippen molar-refractivity contribution < 1.29 is 11.0 Å². The predicted octanol–water partition coefficient (Wildman–Crippen LogP) is 10.8. The van der Waals surface area contributed by atoms with Crippen LogP contribution in [0.15, 0.2) is 170 Å². The summed E-state index contributed by atoms with van der Waals surface area (Å²) >= 11 is 0. The number of hydrogen-bond donors (Lipinski definition) is 0. The lowest BCUT2D eigenvalue weighted by atomic mass is 9.98. The Balaban J connectivity index is 1.45. The molecule has 0 amide bonds. The molecule has 0 bridgehead atoms. The molecule has 0 fully saturated rings. The lowest BCUT2D eigenvalue weighted by Gasteiger charge is -2.16. The van der Waals surface area contributed by atoms with Crippen LogP contribution in [0.3, 0.4) is 0 Å². The van der Waals surface area contributed by atoms with E-state index in [4.69, 9.17) is 23.2 Å². The second kappa shape index (κ2) is 11.2. The van der Waals surface area contributed by atoms with Crippen molar-refractivity contribution in [3.8, 4) is 51.0 Å². The Hall–Kier alpha value is -6.39. The van der Waals surface area contributed by atoms with Crippen molar-refractivity contribution in [2.45, 2.75) is 0 Å². The van der Waals surface area contributed by atoms with E-state index in [1.165, 1.54) is 4.57 Å². The van der Waals surface area contributed by atoms with Crippen molar-refractivity contribution in [3.05, 3.63) is 170 Å². The normalized spacial score (nSPS) is 13.8. The molecule has 4 heteroatoms. The first-order chi connectivity index (χ1) is 26.6. The molecule has 7 aromatic carbocycles. The molecule has 220 valence electrons. The lowest BCUT2D eigenvalue weighted by Crippen LogP contribution is -2.04. The van der Waals surface area contributed by atoms with Gasteiger partial charge in [0, 0.05) is 27.5 Å². The summed E-state index contributed by atoms with van der Waals surface area (Å²) in [7, 11) is 0. The maximum atomic E-state index is 9.20. The van der Waals surface area contributed by atoms with Crippen LogP contribution in [0.5, 0.6) is 0 Å². The van der Waals surface area contributed by atoms with Crippen molar-refractivity contribution in [1.82, 2.24) is 19.5 Å². The van der Waals surface area contributed by atoms with Crippen LogP contribution in [0.25, 0.3) is 83.6 Å². The van der Waals surface area contributed by atoms with Crippen LogP contribution in [-0.4, -0.2) is 19.5 Å². The highest BCUT2D eigenvalue weighted by molar-refractivity contribution is 6.09. The van der Waals surface area contributed by atoms with Gasteiger partial charge in [-0.1, -0.05) is 139 Å². The fourth-order valence-corrected chi connectivity index (χ4v) is 6.04. The molecule has 0 unspecified atom stereocenters. The Bertz CT molecular complexity index is 2890.